The second kappa shape index (κ2) is 7.50. The van der Waals surface area contributed by atoms with E-state index in [0.29, 0.717) is 0 Å². The Balaban J connectivity index is 1.74. The van der Waals surface area contributed by atoms with Gasteiger partial charge in [0.15, 0.2) is 0 Å². The van der Waals surface area contributed by atoms with E-state index in [0.717, 1.165) is 35.5 Å². The summed E-state index contributed by atoms with van der Waals surface area (Å²) in [6, 6.07) is 21.3. The van der Waals surface area contributed by atoms with Crippen LogP contribution in [0.15, 0.2) is 74.9 Å². The van der Waals surface area contributed by atoms with Crippen LogP contribution in [0, 0.1) is 6.92 Å². The molecule has 0 saturated carbocycles. The highest BCUT2D eigenvalue weighted by atomic mass is 79.9. The van der Waals surface area contributed by atoms with Crippen molar-refractivity contribution in [2.24, 2.45) is 0 Å². The smallest absolute Gasteiger partial charge is 0.0852 e. The predicted octanol–water partition coefficient (Wildman–Crippen LogP) is 5.81. The van der Waals surface area contributed by atoms with E-state index in [4.69, 9.17) is 0 Å². The van der Waals surface area contributed by atoms with Gasteiger partial charge in [-0.3, -0.25) is 0 Å². The van der Waals surface area contributed by atoms with Crippen molar-refractivity contribution >= 4 is 26.7 Å². The van der Waals surface area contributed by atoms with Crippen LogP contribution in [-0.4, -0.2) is 4.21 Å². The monoisotopic (exact) mass is 424 g/mol. The molecule has 1 nitrogen and oxygen atoms in total. The van der Waals surface area contributed by atoms with Crippen molar-refractivity contribution in [3.05, 3.63) is 93.0 Å². The first-order valence-corrected chi connectivity index (χ1v) is 10.9. The number of halogens is 1. The highest BCUT2D eigenvalue weighted by Crippen LogP contribution is 2.27. The molecule has 4 bridgehead atoms. The second-order valence-electron chi connectivity index (χ2n) is 6.95. The molecule has 0 N–H and O–H groups in total. The minimum absolute atomic E-state index is 0.880. The van der Waals surface area contributed by atoms with Gasteiger partial charge >= 0.3 is 0 Å². The molecular weight excluding hydrogens is 404 g/mol. The molecule has 0 spiro atoms. The normalized spacial score (nSPS) is 14.7. The molecule has 0 aromatic heterocycles. The molecule has 7 rings (SSSR count). The van der Waals surface area contributed by atoms with Gasteiger partial charge in [0.05, 0.1) is 10.8 Å². The van der Waals surface area contributed by atoms with Crippen LogP contribution in [-0.2, 0) is 36.5 Å². The summed E-state index contributed by atoms with van der Waals surface area (Å²) in [6.07, 6.45) is 3.79. The Labute approximate surface area is 166 Å². The quantitative estimate of drug-likeness (QED) is 0.507. The van der Waals surface area contributed by atoms with Crippen LogP contribution in [0.1, 0.15) is 27.8 Å². The van der Waals surface area contributed by atoms with Crippen molar-refractivity contribution in [1.82, 2.24) is 0 Å². The Morgan fingerprint density at radius 3 is 2.08 bits per heavy atom. The molecule has 26 heavy (non-hydrogen) atoms. The van der Waals surface area contributed by atoms with Crippen molar-refractivity contribution in [2.75, 3.05) is 0 Å². The van der Waals surface area contributed by atoms with E-state index in [9.17, 15) is 4.21 Å². The average Bonchev–Trinajstić information content (AvgIpc) is 2.64. The summed E-state index contributed by atoms with van der Waals surface area (Å²) in [7, 11) is -1.14. The van der Waals surface area contributed by atoms with Crippen LogP contribution in [0.3, 0.4) is 0 Å². The molecule has 3 heteroatoms. The third kappa shape index (κ3) is 3.70. The molecule has 0 radical (unpaired) electrons. The van der Waals surface area contributed by atoms with Crippen molar-refractivity contribution < 1.29 is 4.21 Å². The second-order valence-corrected chi connectivity index (χ2v) is 9.25. The van der Waals surface area contributed by atoms with Crippen LogP contribution in [0.2, 0.25) is 0 Å². The maximum absolute atomic E-state index is 13.3. The fourth-order valence-electron chi connectivity index (χ4n) is 3.43. The number of hydrogen-bond donors (Lipinski definition) is 0. The molecule has 0 amide bonds. The predicted molar refractivity (Wildman–Crippen MR) is 111 cm³/mol. The SMILES string of the molecule is Cc1ccc(S(=O)c2cc3ccc2CCc2ccc(cc2Br)CC3)cc1. The standard InChI is InChI=1S/C23H21BrOS/c1-16-2-12-21(13-3-16)26(25)23-15-18-5-4-17-6-8-19(22(24)14-17)10-11-20(23)9-7-18/h2-3,6-9,12-15H,4-5,10-11H2,1H3. The lowest BCUT2D eigenvalue weighted by atomic mass is 9.97. The van der Waals surface area contributed by atoms with Gasteiger partial charge in [0.25, 0.3) is 0 Å². The third-order valence-electron chi connectivity index (χ3n) is 5.05. The number of rotatable bonds is 2. The highest BCUT2D eigenvalue weighted by molar-refractivity contribution is 9.10. The first-order chi connectivity index (χ1) is 12.6. The summed E-state index contributed by atoms with van der Waals surface area (Å²) in [5.41, 5.74) is 6.28. The van der Waals surface area contributed by atoms with E-state index in [2.05, 4.69) is 59.3 Å². The first-order valence-electron chi connectivity index (χ1n) is 8.98. The molecule has 0 aliphatic heterocycles. The summed E-state index contributed by atoms with van der Waals surface area (Å²) >= 11 is 3.72. The first kappa shape index (κ1) is 17.7. The van der Waals surface area contributed by atoms with Crippen LogP contribution >= 0.6 is 15.9 Å². The zero-order valence-corrected chi connectivity index (χ0v) is 17.2. The van der Waals surface area contributed by atoms with Crippen LogP contribution in [0.5, 0.6) is 0 Å². The van der Waals surface area contributed by atoms with Crippen molar-refractivity contribution in [3.8, 4) is 0 Å². The van der Waals surface area contributed by atoms with Gasteiger partial charge in [-0.2, -0.15) is 0 Å². The minimum Gasteiger partial charge on any atom is -0.249 e. The Morgan fingerprint density at radius 1 is 0.769 bits per heavy atom. The van der Waals surface area contributed by atoms with Gasteiger partial charge in [0.2, 0.25) is 0 Å². The van der Waals surface area contributed by atoms with E-state index in [1.54, 1.807) is 0 Å². The van der Waals surface area contributed by atoms with E-state index >= 15 is 0 Å². The molecule has 0 fully saturated rings. The number of aryl methyl sites for hydroxylation is 5. The lowest BCUT2D eigenvalue weighted by Crippen LogP contribution is -2.04. The van der Waals surface area contributed by atoms with Gasteiger partial charge in [-0.1, -0.05) is 57.9 Å². The van der Waals surface area contributed by atoms with E-state index in [1.807, 2.05) is 24.3 Å². The largest absolute Gasteiger partial charge is 0.249 e. The average molecular weight is 425 g/mol. The summed E-state index contributed by atoms with van der Waals surface area (Å²) < 4.78 is 14.5. The Bertz CT molecular complexity index is 976. The lowest BCUT2D eigenvalue weighted by Gasteiger charge is -2.15. The molecule has 4 aliphatic carbocycles. The fourth-order valence-corrected chi connectivity index (χ4v) is 5.36. The molecule has 3 aromatic rings. The van der Waals surface area contributed by atoms with Gasteiger partial charge in [-0.25, -0.2) is 4.21 Å². The molecule has 3 aromatic carbocycles. The maximum atomic E-state index is 13.3. The highest BCUT2D eigenvalue weighted by Gasteiger charge is 2.15. The van der Waals surface area contributed by atoms with Crippen LogP contribution in [0.25, 0.3) is 0 Å². The van der Waals surface area contributed by atoms with Crippen molar-refractivity contribution in [2.45, 2.75) is 42.4 Å². The lowest BCUT2D eigenvalue weighted by molar-refractivity contribution is 0.681. The topological polar surface area (TPSA) is 17.1 Å². The van der Waals surface area contributed by atoms with E-state index in [1.165, 1.54) is 32.3 Å². The van der Waals surface area contributed by atoms with Crippen molar-refractivity contribution in [3.63, 3.8) is 0 Å². The van der Waals surface area contributed by atoms with Gasteiger partial charge < -0.3 is 0 Å². The summed E-state index contributed by atoms with van der Waals surface area (Å²) in [5, 5.41) is 0. The molecule has 0 saturated heterocycles. The fraction of sp³-hybridized carbons (Fsp3) is 0.217. The summed E-state index contributed by atoms with van der Waals surface area (Å²) in [6.45, 7) is 2.06. The molecule has 132 valence electrons. The van der Waals surface area contributed by atoms with Gasteiger partial charge in [0.1, 0.15) is 0 Å². The maximum Gasteiger partial charge on any atom is 0.0852 e. The van der Waals surface area contributed by atoms with Gasteiger partial charge in [0, 0.05) is 14.3 Å². The van der Waals surface area contributed by atoms with Crippen molar-refractivity contribution in [1.29, 1.82) is 0 Å². The minimum atomic E-state index is -1.14. The molecule has 4 aliphatic rings. The molecule has 1 unspecified atom stereocenters. The van der Waals surface area contributed by atoms with Crippen LogP contribution < -0.4 is 0 Å². The zero-order chi connectivity index (χ0) is 18.1. The molecule has 1 atom stereocenters. The zero-order valence-electron chi connectivity index (χ0n) is 14.8. The third-order valence-corrected chi connectivity index (χ3v) is 7.27. The Kier molecular flexibility index (Phi) is 5.10. The molecule has 0 heterocycles. The van der Waals surface area contributed by atoms with Crippen LogP contribution in [0.4, 0.5) is 0 Å². The van der Waals surface area contributed by atoms with Gasteiger partial charge in [-0.15, -0.1) is 0 Å². The van der Waals surface area contributed by atoms with E-state index < -0.39 is 10.8 Å². The Hall–Kier alpha value is -1.71. The molecular formula is C23H21BrOS. The van der Waals surface area contributed by atoms with E-state index in [-0.39, 0.29) is 0 Å². The number of hydrogen-bond acceptors (Lipinski definition) is 1. The Morgan fingerprint density at radius 2 is 1.38 bits per heavy atom. The summed E-state index contributed by atoms with van der Waals surface area (Å²) in [4.78, 5) is 1.85. The number of benzene rings is 3. The van der Waals surface area contributed by atoms with Gasteiger partial charge in [-0.05, 0) is 79.1 Å². The summed E-state index contributed by atoms with van der Waals surface area (Å²) in [5.74, 6) is 0.